The Labute approximate surface area is 85.6 Å². The molecule has 0 bridgehead atoms. The van der Waals surface area contributed by atoms with Gasteiger partial charge in [-0.15, -0.1) is 0 Å². The van der Waals surface area contributed by atoms with Crippen LogP contribution in [0.15, 0.2) is 0 Å². The molecular weight excluding hydrogens is 202 g/mol. The third-order valence-electron chi connectivity index (χ3n) is 2.18. The van der Waals surface area contributed by atoms with E-state index in [1.807, 2.05) is 13.8 Å². The van der Waals surface area contributed by atoms with Crippen LogP contribution < -0.4 is 15.2 Å². The quantitative estimate of drug-likeness (QED) is 0.588. The lowest BCUT2D eigenvalue weighted by molar-refractivity contribution is 0.325. The van der Waals surface area contributed by atoms with Crippen LogP contribution in [0.25, 0.3) is 0 Å². The summed E-state index contributed by atoms with van der Waals surface area (Å²) >= 11 is 0. The van der Waals surface area contributed by atoms with Gasteiger partial charge in [0, 0.05) is 18.6 Å². The molecule has 0 amide bonds. The minimum absolute atomic E-state index is 0.0228. The van der Waals surface area contributed by atoms with Crippen molar-refractivity contribution in [2.75, 3.05) is 6.54 Å². The molecular formula is C8H19N3O2S. The van der Waals surface area contributed by atoms with Gasteiger partial charge in [0.2, 0.25) is 0 Å². The molecule has 1 aliphatic rings. The minimum Gasteiger partial charge on any atom is -0.328 e. The van der Waals surface area contributed by atoms with E-state index in [0.29, 0.717) is 12.5 Å². The number of hydrogen-bond donors (Lipinski definition) is 3. The Hall–Kier alpha value is -0.170. The fraction of sp³-hybridized carbons (Fsp3) is 1.00. The summed E-state index contributed by atoms with van der Waals surface area (Å²) in [6.07, 6.45) is 1.48. The molecule has 1 saturated carbocycles. The van der Waals surface area contributed by atoms with E-state index in [2.05, 4.69) is 9.44 Å². The third kappa shape index (κ3) is 3.91. The van der Waals surface area contributed by atoms with Gasteiger partial charge in [-0.3, -0.25) is 0 Å². The van der Waals surface area contributed by atoms with E-state index in [1.54, 1.807) is 0 Å². The van der Waals surface area contributed by atoms with Crippen LogP contribution in [0.3, 0.4) is 0 Å². The summed E-state index contributed by atoms with van der Waals surface area (Å²) in [5.41, 5.74) is 5.55. The first-order chi connectivity index (χ1) is 6.39. The van der Waals surface area contributed by atoms with Crippen molar-refractivity contribution in [3.63, 3.8) is 0 Å². The lowest BCUT2D eigenvalue weighted by Crippen LogP contribution is -2.53. The van der Waals surface area contributed by atoms with Crippen LogP contribution in [0.5, 0.6) is 0 Å². The van der Waals surface area contributed by atoms with Gasteiger partial charge in [-0.25, -0.2) is 4.72 Å². The smallest absolute Gasteiger partial charge is 0.277 e. The fourth-order valence-electron chi connectivity index (χ4n) is 1.30. The number of nitrogens with two attached hydrogens (primary N) is 1. The molecule has 0 aromatic rings. The second-order valence-electron chi connectivity index (χ2n) is 4.29. The molecule has 6 heteroatoms. The van der Waals surface area contributed by atoms with E-state index in [0.717, 1.165) is 12.8 Å². The molecule has 84 valence electrons. The maximum atomic E-state index is 11.4. The van der Waals surface area contributed by atoms with E-state index < -0.39 is 10.2 Å². The molecule has 0 atom stereocenters. The summed E-state index contributed by atoms with van der Waals surface area (Å²) < 4.78 is 27.8. The summed E-state index contributed by atoms with van der Waals surface area (Å²) in [6.45, 7) is 4.39. The van der Waals surface area contributed by atoms with Gasteiger partial charge in [0.15, 0.2) is 0 Å². The van der Waals surface area contributed by atoms with Gasteiger partial charge in [-0.1, -0.05) is 13.8 Å². The van der Waals surface area contributed by atoms with Crippen molar-refractivity contribution in [1.82, 2.24) is 9.44 Å². The van der Waals surface area contributed by atoms with Crippen molar-refractivity contribution in [3.05, 3.63) is 0 Å². The minimum atomic E-state index is -3.32. The standard InChI is InChI=1S/C8H19N3O2S/c1-6(2)5-10-14(12,13)11-8-3-7(9)4-8/h6-8,10-11H,3-5,9H2,1-2H3. The zero-order valence-corrected chi connectivity index (χ0v) is 9.47. The van der Waals surface area contributed by atoms with E-state index in [4.69, 9.17) is 5.73 Å². The van der Waals surface area contributed by atoms with Gasteiger partial charge in [0.25, 0.3) is 10.2 Å². The predicted molar refractivity (Wildman–Crippen MR) is 55.9 cm³/mol. The maximum absolute atomic E-state index is 11.4. The topological polar surface area (TPSA) is 84.2 Å². The second-order valence-corrected chi connectivity index (χ2v) is 5.82. The first-order valence-electron chi connectivity index (χ1n) is 4.91. The van der Waals surface area contributed by atoms with Crippen LogP contribution in [-0.2, 0) is 10.2 Å². The second kappa shape index (κ2) is 4.57. The van der Waals surface area contributed by atoms with Gasteiger partial charge < -0.3 is 5.73 Å². The molecule has 0 aromatic heterocycles. The third-order valence-corrected chi connectivity index (χ3v) is 3.37. The zero-order valence-electron chi connectivity index (χ0n) is 8.66. The Kier molecular flexibility index (Phi) is 3.88. The largest absolute Gasteiger partial charge is 0.328 e. The molecule has 0 aliphatic heterocycles. The Morgan fingerprint density at radius 1 is 1.43 bits per heavy atom. The fourth-order valence-corrected chi connectivity index (χ4v) is 2.56. The molecule has 0 heterocycles. The lowest BCUT2D eigenvalue weighted by Gasteiger charge is -2.32. The Balaban J connectivity index is 2.28. The number of rotatable bonds is 5. The summed E-state index contributed by atoms with van der Waals surface area (Å²) in [5.74, 6) is 0.315. The van der Waals surface area contributed by atoms with Gasteiger partial charge >= 0.3 is 0 Å². The summed E-state index contributed by atoms with van der Waals surface area (Å²) in [6, 6.07) is 0.183. The molecule has 0 aromatic carbocycles. The highest BCUT2D eigenvalue weighted by atomic mass is 32.2. The number of hydrogen-bond acceptors (Lipinski definition) is 3. The van der Waals surface area contributed by atoms with E-state index in [1.165, 1.54) is 0 Å². The van der Waals surface area contributed by atoms with Crippen molar-refractivity contribution in [2.24, 2.45) is 11.7 Å². The number of nitrogens with one attached hydrogen (secondary N) is 2. The monoisotopic (exact) mass is 221 g/mol. The van der Waals surface area contributed by atoms with Crippen LogP contribution in [0, 0.1) is 5.92 Å². The molecule has 0 saturated heterocycles. The Bertz CT molecular complexity index is 270. The normalized spacial score (nSPS) is 27.7. The van der Waals surface area contributed by atoms with Gasteiger partial charge in [0.05, 0.1) is 0 Å². The zero-order chi connectivity index (χ0) is 10.8. The van der Waals surface area contributed by atoms with E-state index in [9.17, 15) is 8.42 Å². The van der Waals surface area contributed by atoms with Crippen molar-refractivity contribution in [1.29, 1.82) is 0 Å². The molecule has 14 heavy (non-hydrogen) atoms. The Morgan fingerprint density at radius 3 is 2.43 bits per heavy atom. The highest BCUT2D eigenvalue weighted by molar-refractivity contribution is 7.87. The van der Waals surface area contributed by atoms with E-state index >= 15 is 0 Å². The molecule has 0 radical (unpaired) electrons. The van der Waals surface area contributed by atoms with Crippen molar-refractivity contribution >= 4 is 10.2 Å². The van der Waals surface area contributed by atoms with Crippen LogP contribution in [0.2, 0.25) is 0 Å². The summed E-state index contributed by atoms with van der Waals surface area (Å²) in [4.78, 5) is 0. The average molecular weight is 221 g/mol. The average Bonchev–Trinajstić information content (AvgIpc) is 1.98. The van der Waals surface area contributed by atoms with Crippen LogP contribution >= 0.6 is 0 Å². The molecule has 1 fully saturated rings. The molecule has 1 aliphatic carbocycles. The van der Waals surface area contributed by atoms with Crippen LogP contribution in [0.4, 0.5) is 0 Å². The van der Waals surface area contributed by atoms with Crippen molar-refractivity contribution in [3.8, 4) is 0 Å². The lowest BCUT2D eigenvalue weighted by atomic mass is 9.89. The first kappa shape index (κ1) is 11.9. The molecule has 5 nitrogen and oxygen atoms in total. The van der Waals surface area contributed by atoms with Crippen LogP contribution in [-0.4, -0.2) is 27.0 Å². The van der Waals surface area contributed by atoms with Crippen molar-refractivity contribution < 1.29 is 8.42 Å². The maximum Gasteiger partial charge on any atom is 0.277 e. The molecule has 1 rings (SSSR count). The van der Waals surface area contributed by atoms with Gasteiger partial charge in [0.1, 0.15) is 0 Å². The molecule has 0 spiro atoms. The van der Waals surface area contributed by atoms with E-state index in [-0.39, 0.29) is 12.1 Å². The van der Waals surface area contributed by atoms with Gasteiger partial charge in [-0.2, -0.15) is 13.1 Å². The SMILES string of the molecule is CC(C)CNS(=O)(=O)NC1CC(N)C1. The first-order valence-corrected chi connectivity index (χ1v) is 6.40. The van der Waals surface area contributed by atoms with Crippen molar-refractivity contribution in [2.45, 2.75) is 38.8 Å². The molecule has 4 N–H and O–H groups in total. The Morgan fingerprint density at radius 2 is 2.00 bits per heavy atom. The highest BCUT2D eigenvalue weighted by Gasteiger charge is 2.29. The predicted octanol–water partition coefficient (Wildman–Crippen LogP) is -0.444. The highest BCUT2D eigenvalue weighted by Crippen LogP contribution is 2.17. The molecule has 0 unspecified atom stereocenters. The van der Waals surface area contributed by atoms with Gasteiger partial charge in [-0.05, 0) is 18.8 Å². The summed E-state index contributed by atoms with van der Waals surface area (Å²) in [5, 5.41) is 0. The summed E-state index contributed by atoms with van der Waals surface area (Å²) in [7, 11) is -3.32. The van der Waals surface area contributed by atoms with Crippen LogP contribution in [0.1, 0.15) is 26.7 Å².